The summed E-state index contributed by atoms with van der Waals surface area (Å²) in [6.45, 7) is 2.63. The van der Waals surface area contributed by atoms with Gasteiger partial charge < -0.3 is 20.1 Å². The van der Waals surface area contributed by atoms with Gasteiger partial charge in [0.15, 0.2) is 5.11 Å². The number of fused-ring (bicyclic) bond motifs is 4. The minimum absolute atomic E-state index is 0.0263. The van der Waals surface area contributed by atoms with E-state index in [4.69, 9.17) is 12.2 Å². The third-order valence-corrected chi connectivity index (χ3v) is 6.54. The number of hydrogen-bond donors (Lipinski definition) is 2. The first-order valence-electron chi connectivity index (χ1n) is 10.1. The fourth-order valence-electron chi connectivity index (χ4n) is 4.86. The van der Waals surface area contributed by atoms with Crippen molar-refractivity contribution in [1.29, 1.82) is 0 Å². The van der Waals surface area contributed by atoms with Crippen LogP contribution in [0.2, 0.25) is 0 Å². The maximum atomic E-state index is 12.2. The number of carbonyl (C=O) groups is 1. The molecule has 3 aliphatic rings. The topological polar surface area (TPSA) is 66.4 Å². The van der Waals surface area contributed by atoms with Crippen LogP contribution in [0, 0.1) is 5.92 Å². The van der Waals surface area contributed by atoms with Crippen molar-refractivity contribution >= 4 is 23.2 Å². The largest absolute Gasteiger partial charge is 0.354 e. The van der Waals surface area contributed by atoms with E-state index in [1.807, 2.05) is 10.6 Å². The van der Waals surface area contributed by atoms with E-state index < -0.39 is 0 Å². The van der Waals surface area contributed by atoms with E-state index in [9.17, 15) is 9.59 Å². The molecule has 1 aromatic rings. The molecule has 6 nitrogen and oxygen atoms in total. The number of rotatable bonds is 3. The zero-order chi connectivity index (χ0) is 18.8. The molecule has 27 heavy (non-hydrogen) atoms. The van der Waals surface area contributed by atoms with Gasteiger partial charge in [0.25, 0.3) is 5.56 Å². The van der Waals surface area contributed by atoms with Crippen molar-refractivity contribution in [3.8, 4) is 0 Å². The van der Waals surface area contributed by atoms with Crippen molar-refractivity contribution < 1.29 is 4.79 Å². The summed E-state index contributed by atoms with van der Waals surface area (Å²) in [7, 11) is 0. The van der Waals surface area contributed by atoms with Crippen LogP contribution < -0.4 is 16.2 Å². The van der Waals surface area contributed by atoms with E-state index in [1.165, 1.54) is 19.3 Å². The Bertz CT molecular complexity index is 771. The number of hydrogen-bond acceptors (Lipinski definition) is 3. The quantitative estimate of drug-likeness (QED) is 0.770. The van der Waals surface area contributed by atoms with Gasteiger partial charge in [-0.05, 0) is 43.5 Å². The number of nitrogens with one attached hydrogen (secondary N) is 2. The van der Waals surface area contributed by atoms with E-state index in [0.717, 1.165) is 44.6 Å². The van der Waals surface area contributed by atoms with Crippen molar-refractivity contribution in [3.63, 3.8) is 0 Å². The number of amides is 1. The van der Waals surface area contributed by atoms with Gasteiger partial charge in [0.1, 0.15) is 0 Å². The molecule has 146 valence electrons. The second-order valence-electron chi connectivity index (χ2n) is 8.16. The van der Waals surface area contributed by atoms with Crippen LogP contribution >= 0.6 is 12.2 Å². The van der Waals surface area contributed by atoms with Gasteiger partial charge in [-0.3, -0.25) is 9.59 Å². The van der Waals surface area contributed by atoms with Crippen LogP contribution in [0.5, 0.6) is 0 Å². The summed E-state index contributed by atoms with van der Waals surface area (Å²) < 4.78 is 1.92. The number of piperidine rings is 1. The van der Waals surface area contributed by atoms with Crippen molar-refractivity contribution in [2.24, 2.45) is 5.92 Å². The minimum atomic E-state index is 0.0263. The second kappa shape index (κ2) is 8.00. The number of nitrogens with zero attached hydrogens (tertiary/aromatic N) is 2. The highest BCUT2D eigenvalue weighted by molar-refractivity contribution is 7.80. The average molecular weight is 389 g/mol. The normalized spacial score (nSPS) is 24.8. The summed E-state index contributed by atoms with van der Waals surface area (Å²) in [5.41, 5.74) is 1.21. The van der Waals surface area contributed by atoms with Crippen LogP contribution in [-0.4, -0.2) is 46.2 Å². The maximum Gasteiger partial charge on any atom is 0.250 e. The molecule has 4 rings (SSSR count). The van der Waals surface area contributed by atoms with E-state index in [0.29, 0.717) is 23.0 Å². The third-order valence-electron chi connectivity index (χ3n) is 6.14. The van der Waals surface area contributed by atoms with Crippen LogP contribution in [0.3, 0.4) is 0 Å². The molecule has 0 unspecified atom stereocenters. The van der Waals surface area contributed by atoms with E-state index >= 15 is 0 Å². The Labute approximate surface area is 165 Å². The SMILES string of the molecule is O=C(CNC(=S)N1C[C@H]2C[C@@H](C1)c1cccc(=O)n1C2)NC1CCCCC1. The molecule has 7 heteroatoms. The monoisotopic (exact) mass is 388 g/mol. The average Bonchev–Trinajstić information content (AvgIpc) is 2.67. The number of aromatic nitrogens is 1. The molecule has 3 heterocycles. The van der Waals surface area contributed by atoms with Crippen LogP contribution in [0.1, 0.15) is 50.1 Å². The first-order valence-corrected chi connectivity index (χ1v) is 10.5. The van der Waals surface area contributed by atoms with Crippen molar-refractivity contribution in [3.05, 3.63) is 34.2 Å². The van der Waals surface area contributed by atoms with Crippen LogP contribution in [-0.2, 0) is 11.3 Å². The Hall–Kier alpha value is -1.89. The highest BCUT2D eigenvalue weighted by atomic mass is 32.1. The van der Waals surface area contributed by atoms with E-state index in [2.05, 4.69) is 21.6 Å². The molecule has 1 saturated heterocycles. The molecule has 2 fully saturated rings. The Balaban J connectivity index is 1.31. The van der Waals surface area contributed by atoms with Gasteiger partial charge >= 0.3 is 0 Å². The van der Waals surface area contributed by atoms with Crippen LogP contribution in [0.25, 0.3) is 0 Å². The predicted molar refractivity (Wildman–Crippen MR) is 109 cm³/mol. The zero-order valence-corrected chi connectivity index (χ0v) is 16.5. The summed E-state index contributed by atoms with van der Waals surface area (Å²) in [6, 6.07) is 5.87. The smallest absolute Gasteiger partial charge is 0.250 e. The highest BCUT2D eigenvalue weighted by Crippen LogP contribution is 2.34. The lowest BCUT2D eigenvalue weighted by Crippen LogP contribution is -2.53. The molecule has 2 atom stereocenters. The number of carbonyl (C=O) groups excluding carboxylic acids is 1. The molecule has 0 aromatic carbocycles. The molecule has 1 aliphatic carbocycles. The molecule has 0 spiro atoms. The summed E-state index contributed by atoms with van der Waals surface area (Å²) in [5, 5.41) is 6.91. The van der Waals surface area contributed by atoms with E-state index in [1.54, 1.807) is 6.07 Å². The summed E-state index contributed by atoms with van der Waals surface area (Å²) in [4.78, 5) is 26.5. The molecule has 1 amide bonds. The Morgan fingerprint density at radius 2 is 1.96 bits per heavy atom. The first-order chi connectivity index (χ1) is 13.1. The van der Waals surface area contributed by atoms with Gasteiger partial charge in [-0.1, -0.05) is 25.3 Å². The lowest BCUT2D eigenvalue weighted by atomic mass is 9.83. The van der Waals surface area contributed by atoms with Crippen LogP contribution in [0.4, 0.5) is 0 Å². The maximum absolute atomic E-state index is 12.2. The zero-order valence-electron chi connectivity index (χ0n) is 15.7. The Kier molecular flexibility index (Phi) is 5.48. The number of likely N-dealkylation sites (tertiary alicyclic amines) is 1. The van der Waals surface area contributed by atoms with E-state index in [-0.39, 0.29) is 18.0 Å². The standard InChI is InChI=1S/C20H28N4O2S/c25-18(22-16-5-2-1-3-6-16)10-21-20(27)23-11-14-9-15(13-23)17-7-4-8-19(26)24(17)12-14/h4,7-8,14-16H,1-3,5-6,9-13H2,(H,21,27)(H,22,25)/t14-,15+/m1/s1. The lowest BCUT2D eigenvalue weighted by Gasteiger charge is -2.43. The second-order valence-corrected chi connectivity index (χ2v) is 8.55. The fraction of sp³-hybridized carbons (Fsp3) is 0.650. The van der Waals surface area contributed by atoms with Gasteiger partial charge in [0, 0.05) is 43.4 Å². The molecule has 0 radical (unpaired) electrons. The highest BCUT2D eigenvalue weighted by Gasteiger charge is 2.35. The minimum Gasteiger partial charge on any atom is -0.354 e. The summed E-state index contributed by atoms with van der Waals surface area (Å²) >= 11 is 5.57. The van der Waals surface area contributed by atoms with Gasteiger partial charge in [0.2, 0.25) is 5.91 Å². The molecule has 2 N–H and O–H groups in total. The number of pyridine rings is 1. The summed E-state index contributed by atoms with van der Waals surface area (Å²) in [6.07, 6.45) is 6.97. The third kappa shape index (κ3) is 4.18. The Morgan fingerprint density at radius 1 is 1.15 bits per heavy atom. The lowest BCUT2D eigenvalue weighted by molar-refractivity contribution is -0.120. The van der Waals surface area contributed by atoms with Crippen molar-refractivity contribution in [2.45, 2.75) is 57.0 Å². The first kappa shape index (κ1) is 18.5. The summed E-state index contributed by atoms with van der Waals surface area (Å²) in [5.74, 6) is 0.771. The molecule has 2 bridgehead atoms. The van der Waals surface area contributed by atoms with Crippen LogP contribution in [0.15, 0.2) is 23.0 Å². The van der Waals surface area contributed by atoms with Gasteiger partial charge in [0.05, 0.1) is 6.54 Å². The van der Waals surface area contributed by atoms with Gasteiger partial charge in [-0.25, -0.2) is 0 Å². The van der Waals surface area contributed by atoms with Gasteiger partial charge in [-0.15, -0.1) is 0 Å². The predicted octanol–water partition coefficient (Wildman–Crippen LogP) is 1.59. The molecular weight excluding hydrogens is 360 g/mol. The molecular formula is C20H28N4O2S. The fourth-order valence-corrected chi connectivity index (χ4v) is 5.08. The number of thiocarbonyl (C=S) groups is 1. The molecule has 2 aliphatic heterocycles. The molecule has 1 saturated carbocycles. The Morgan fingerprint density at radius 3 is 2.78 bits per heavy atom. The van der Waals surface area contributed by atoms with Crippen molar-refractivity contribution in [2.75, 3.05) is 19.6 Å². The van der Waals surface area contributed by atoms with Crippen molar-refractivity contribution in [1.82, 2.24) is 20.1 Å². The van der Waals surface area contributed by atoms with Gasteiger partial charge in [-0.2, -0.15) is 0 Å². The molecule has 1 aromatic heterocycles.